The summed E-state index contributed by atoms with van der Waals surface area (Å²) >= 11 is 0. The fourth-order valence-electron chi connectivity index (χ4n) is 3.34. The summed E-state index contributed by atoms with van der Waals surface area (Å²) in [6.45, 7) is 8.72. The van der Waals surface area contributed by atoms with E-state index in [1.807, 2.05) is 6.08 Å². The van der Waals surface area contributed by atoms with Crippen molar-refractivity contribution in [2.24, 2.45) is 11.3 Å². The van der Waals surface area contributed by atoms with Crippen molar-refractivity contribution in [1.82, 2.24) is 0 Å². The van der Waals surface area contributed by atoms with Gasteiger partial charge in [-0.15, -0.1) is 0 Å². The molecule has 17 heavy (non-hydrogen) atoms. The summed E-state index contributed by atoms with van der Waals surface area (Å²) in [7, 11) is 0. The Bertz CT molecular complexity index is 396. The van der Waals surface area contributed by atoms with Crippen LogP contribution in [0.2, 0.25) is 0 Å². The summed E-state index contributed by atoms with van der Waals surface area (Å²) in [4.78, 5) is 11.3. The molecule has 0 saturated carbocycles. The molecule has 0 aliphatic heterocycles. The number of hydrogen-bond donors (Lipinski definition) is 0. The Hall–Kier alpha value is -0.850. The van der Waals surface area contributed by atoms with E-state index in [0.717, 1.165) is 12.3 Å². The lowest BCUT2D eigenvalue weighted by Crippen LogP contribution is -2.26. The molecule has 1 atom stereocenters. The molecule has 94 valence electrons. The van der Waals surface area contributed by atoms with Crippen LogP contribution in [0.4, 0.5) is 0 Å². The molecule has 1 nitrogen and oxygen atoms in total. The van der Waals surface area contributed by atoms with Gasteiger partial charge in [-0.25, -0.2) is 0 Å². The van der Waals surface area contributed by atoms with Crippen molar-refractivity contribution < 1.29 is 4.79 Å². The van der Waals surface area contributed by atoms with Crippen molar-refractivity contribution in [3.05, 3.63) is 22.8 Å². The minimum absolute atomic E-state index is 0.199. The zero-order valence-corrected chi connectivity index (χ0v) is 11.6. The van der Waals surface area contributed by atoms with Crippen LogP contribution >= 0.6 is 0 Å². The molecule has 0 heterocycles. The fraction of sp³-hybridized carbons (Fsp3) is 0.688. The Morgan fingerprint density at radius 3 is 2.71 bits per heavy atom. The van der Waals surface area contributed by atoms with E-state index in [2.05, 4.69) is 20.8 Å². The molecule has 0 amide bonds. The topological polar surface area (TPSA) is 17.1 Å². The molecular weight excluding hydrogens is 208 g/mol. The first-order valence-electron chi connectivity index (χ1n) is 6.84. The van der Waals surface area contributed by atoms with Crippen LogP contribution in [0.1, 0.15) is 59.8 Å². The zero-order chi connectivity index (χ0) is 12.6. The van der Waals surface area contributed by atoms with Gasteiger partial charge in [-0.05, 0) is 67.6 Å². The Balaban J connectivity index is 2.44. The van der Waals surface area contributed by atoms with Gasteiger partial charge in [0, 0.05) is 0 Å². The number of carbonyl (C=O) groups excluding carboxylic acids is 1. The predicted octanol–water partition coefficient (Wildman–Crippen LogP) is 4.44. The molecule has 1 heteroatoms. The Morgan fingerprint density at radius 1 is 1.35 bits per heavy atom. The van der Waals surface area contributed by atoms with E-state index < -0.39 is 0 Å². The minimum atomic E-state index is 0.199. The van der Waals surface area contributed by atoms with Crippen LogP contribution in [0, 0.1) is 11.3 Å². The van der Waals surface area contributed by atoms with Crippen molar-refractivity contribution in [2.45, 2.75) is 59.8 Å². The molecule has 0 aromatic heterocycles. The van der Waals surface area contributed by atoms with Crippen LogP contribution in [-0.2, 0) is 4.79 Å². The smallest absolute Gasteiger partial charge is 0.152 e. The number of carbonyl (C=O) groups is 1. The molecule has 0 fully saturated rings. The normalized spacial score (nSPS) is 30.4. The third-order valence-electron chi connectivity index (χ3n) is 4.41. The summed E-state index contributed by atoms with van der Waals surface area (Å²) in [6, 6.07) is 0. The van der Waals surface area contributed by atoms with Gasteiger partial charge in [0.15, 0.2) is 5.78 Å². The number of rotatable bonds is 1. The first kappa shape index (κ1) is 12.6. The van der Waals surface area contributed by atoms with E-state index in [0.29, 0.717) is 5.41 Å². The average Bonchev–Trinajstić information content (AvgIpc) is 2.22. The van der Waals surface area contributed by atoms with E-state index in [1.54, 1.807) is 12.5 Å². The summed E-state index contributed by atoms with van der Waals surface area (Å²) < 4.78 is 0. The third-order valence-corrected chi connectivity index (χ3v) is 4.41. The summed E-state index contributed by atoms with van der Waals surface area (Å²) in [5.74, 6) is 0.975. The van der Waals surface area contributed by atoms with Crippen LogP contribution < -0.4 is 0 Å². The van der Waals surface area contributed by atoms with Crippen LogP contribution in [-0.4, -0.2) is 5.78 Å². The maximum absolute atomic E-state index is 11.3. The van der Waals surface area contributed by atoms with Gasteiger partial charge in [-0.3, -0.25) is 4.79 Å². The van der Waals surface area contributed by atoms with Gasteiger partial charge in [-0.1, -0.05) is 26.3 Å². The number of ketones is 1. The minimum Gasteiger partial charge on any atom is -0.295 e. The highest BCUT2D eigenvalue weighted by atomic mass is 16.1. The van der Waals surface area contributed by atoms with E-state index in [1.165, 1.54) is 36.8 Å². The van der Waals surface area contributed by atoms with E-state index >= 15 is 0 Å². The lowest BCUT2D eigenvalue weighted by Gasteiger charge is -2.40. The first-order chi connectivity index (χ1) is 7.90. The van der Waals surface area contributed by atoms with Gasteiger partial charge in [0.05, 0.1) is 0 Å². The van der Waals surface area contributed by atoms with Crippen LogP contribution in [0.15, 0.2) is 22.8 Å². The standard InChI is InChI=1S/C16H24O/c1-11-5-6-15-14(9-11)13(10-12(2)17)7-8-16(15,3)4/h10-11H,5-9H2,1-4H3/b13-10+. The van der Waals surface area contributed by atoms with Gasteiger partial charge in [0.1, 0.15) is 0 Å². The third kappa shape index (κ3) is 2.53. The molecule has 0 radical (unpaired) electrons. The molecule has 2 aliphatic carbocycles. The van der Waals surface area contributed by atoms with Crippen molar-refractivity contribution in [1.29, 1.82) is 0 Å². The second-order valence-electron chi connectivity index (χ2n) is 6.47. The van der Waals surface area contributed by atoms with Gasteiger partial charge in [-0.2, -0.15) is 0 Å². The van der Waals surface area contributed by atoms with Crippen LogP contribution in [0.5, 0.6) is 0 Å². The Labute approximate surface area is 105 Å². The summed E-state index contributed by atoms with van der Waals surface area (Å²) in [5.41, 5.74) is 4.84. The zero-order valence-electron chi connectivity index (χ0n) is 11.6. The Morgan fingerprint density at radius 2 is 2.06 bits per heavy atom. The van der Waals surface area contributed by atoms with E-state index in [9.17, 15) is 4.79 Å². The monoisotopic (exact) mass is 232 g/mol. The highest BCUT2D eigenvalue weighted by Gasteiger charge is 2.34. The fourth-order valence-corrected chi connectivity index (χ4v) is 3.34. The maximum atomic E-state index is 11.3. The summed E-state index contributed by atoms with van der Waals surface area (Å²) in [5, 5.41) is 0. The molecule has 0 N–H and O–H groups in total. The second kappa shape index (κ2) is 4.44. The molecule has 0 aromatic carbocycles. The average molecular weight is 232 g/mol. The molecular formula is C16H24O. The van der Waals surface area contributed by atoms with Crippen LogP contribution in [0.25, 0.3) is 0 Å². The molecule has 2 rings (SSSR count). The predicted molar refractivity (Wildman–Crippen MR) is 71.8 cm³/mol. The van der Waals surface area contributed by atoms with Crippen molar-refractivity contribution in [3.8, 4) is 0 Å². The summed E-state index contributed by atoms with van der Waals surface area (Å²) in [6.07, 6.45) is 7.88. The Kier molecular flexibility index (Phi) is 3.29. The van der Waals surface area contributed by atoms with Gasteiger partial charge in [0.25, 0.3) is 0 Å². The van der Waals surface area contributed by atoms with Crippen LogP contribution in [0.3, 0.4) is 0 Å². The van der Waals surface area contributed by atoms with Gasteiger partial charge in [0.2, 0.25) is 0 Å². The first-order valence-corrected chi connectivity index (χ1v) is 6.84. The highest BCUT2D eigenvalue weighted by Crippen LogP contribution is 2.49. The molecule has 0 aromatic rings. The number of hydrogen-bond acceptors (Lipinski definition) is 1. The lowest BCUT2D eigenvalue weighted by atomic mass is 9.64. The van der Waals surface area contributed by atoms with Crippen molar-refractivity contribution >= 4 is 5.78 Å². The number of allylic oxidation sites excluding steroid dienone is 4. The largest absolute Gasteiger partial charge is 0.295 e. The molecule has 2 aliphatic rings. The SMILES string of the molecule is CC(=O)/C=C1\CCC(C)(C)C2=C1CC(C)CC2. The van der Waals surface area contributed by atoms with E-state index in [4.69, 9.17) is 0 Å². The van der Waals surface area contributed by atoms with Crippen molar-refractivity contribution in [3.63, 3.8) is 0 Å². The van der Waals surface area contributed by atoms with Gasteiger partial charge >= 0.3 is 0 Å². The van der Waals surface area contributed by atoms with Gasteiger partial charge < -0.3 is 0 Å². The molecule has 1 unspecified atom stereocenters. The second-order valence-corrected chi connectivity index (χ2v) is 6.47. The quantitative estimate of drug-likeness (QED) is 0.611. The molecule has 0 saturated heterocycles. The molecule has 0 bridgehead atoms. The lowest BCUT2D eigenvalue weighted by molar-refractivity contribution is -0.112. The molecule has 0 spiro atoms. The van der Waals surface area contributed by atoms with E-state index in [-0.39, 0.29) is 5.78 Å². The highest BCUT2D eigenvalue weighted by molar-refractivity contribution is 5.88. The maximum Gasteiger partial charge on any atom is 0.152 e. The van der Waals surface area contributed by atoms with Crippen molar-refractivity contribution in [2.75, 3.05) is 0 Å².